The van der Waals surface area contributed by atoms with Crippen molar-refractivity contribution < 1.29 is 18.3 Å². The highest BCUT2D eigenvalue weighted by Crippen LogP contribution is 2.25. The van der Waals surface area contributed by atoms with Gasteiger partial charge in [0.05, 0.1) is 16.2 Å². The van der Waals surface area contributed by atoms with Gasteiger partial charge in [-0.2, -0.15) is 4.31 Å². The van der Waals surface area contributed by atoms with E-state index < -0.39 is 16.0 Å². The number of aromatic nitrogens is 1. The molecule has 0 saturated carbocycles. The molecule has 2 aromatic rings. The SMILES string of the molecule is O=C(O)c1ccnc(-c2cccc(S(=O)(=O)N3CCCC3)c2)c1. The number of aromatic carboxylic acids is 1. The third-order valence-corrected chi connectivity index (χ3v) is 5.73. The maximum Gasteiger partial charge on any atom is 0.335 e. The first-order valence-electron chi connectivity index (χ1n) is 7.28. The van der Waals surface area contributed by atoms with Gasteiger partial charge < -0.3 is 5.11 Å². The summed E-state index contributed by atoms with van der Waals surface area (Å²) < 4.78 is 26.7. The van der Waals surface area contributed by atoms with Crippen LogP contribution in [0.2, 0.25) is 0 Å². The predicted molar refractivity (Wildman–Crippen MR) is 84.6 cm³/mol. The number of carbonyl (C=O) groups is 1. The minimum absolute atomic E-state index is 0.114. The van der Waals surface area contributed by atoms with Crippen LogP contribution in [0.25, 0.3) is 11.3 Å². The molecule has 1 aliphatic rings. The van der Waals surface area contributed by atoms with Gasteiger partial charge in [-0.05, 0) is 37.1 Å². The summed E-state index contributed by atoms with van der Waals surface area (Å²) in [6.45, 7) is 1.08. The van der Waals surface area contributed by atoms with Crippen molar-refractivity contribution in [2.24, 2.45) is 0 Å². The molecule has 120 valence electrons. The molecule has 3 rings (SSSR count). The summed E-state index contributed by atoms with van der Waals surface area (Å²) >= 11 is 0. The fourth-order valence-electron chi connectivity index (χ4n) is 2.61. The van der Waals surface area contributed by atoms with Crippen LogP contribution >= 0.6 is 0 Å². The van der Waals surface area contributed by atoms with Crippen molar-refractivity contribution in [3.63, 3.8) is 0 Å². The Morgan fingerprint density at radius 2 is 1.87 bits per heavy atom. The van der Waals surface area contributed by atoms with E-state index in [-0.39, 0.29) is 10.5 Å². The topological polar surface area (TPSA) is 87.6 Å². The molecule has 1 N–H and O–H groups in total. The maximum atomic E-state index is 12.6. The lowest BCUT2D eigenvalue weighted by Crippen LogP contribution is -2.27. The zero-order chi connectivity index (χ0) is 16.4. The van der Waals surface area contributed by atoms with Gasteiger partial charge in [0.15, 0.2) is 0 Å². The number of hydrogen-bond acceptors (Lipinski definition) is 4. The molecule has 0 amide bonds. The lowest BCUT2D eigenvalue weighted by Gasteiger charge is -2.16. The summed E-state index contributed by atoms with van der Waals surface area (Å²) in [6, 6.07) is 9.30. The van der Waals surface area contributed by atoms with E-state index in [4.69, 9.17) is 5.11 Å². The average molecular weight is 332 g/mol. The molecule has 7 heteroatoms. The summed E-state index contributed by atoms with van der Waals surface area (Å²) in [4.78, 5) is 15.4. The molecular formula is C16H16N2O4S. The van der Waals surface area contributed by atoms with Crippen LogP contribution in [-0.2, 0) is 10.0 Å². The second-order valence-electron chi connectivity index (χ2n) is 5.37. The Bertz CT molecular complexity index is 843. The molecular weight excluding hydrogens is 316 g/mol. The van der Waals surface area contributed by atoms with Crippen molar-refractivity contribution in [2.75, 3.05) is 13.1 Å². The number of hydrogen-bond donors (Lipinski definition) is 1. The second kappa shape index (κ2) is 6.10. The van der Waals surface area contributed by atoms with E-state index in [1.54, 1.807) is 24.3 Å². The van der Waals surface area contributed by atoms with Crippen molar-refractivity contribution in [1.82, 2.24) is 9.29 Å². The van der Waals surface area contributed by atoms with Crippen LogP contribution in [-0.4, -0.2) is 41.9 Å². The van der Waals surface area contributed by atoms with Crippen molar-refractivity contribution in [1.29, 1.82) is 0 Å². The molecule has 0 radical (unpaired) electrons. The van der Waals surface area contributed by atoms with Gasteiger partial charge in [0, 0.05) is 24.8 Å². The number of nitrogens with zero attached hydrogens (tertiary/aromatic N) is 2. The first-order valence-corrected chi connectivity index (χ1v) is 8.72. The van der Waals surface area contributed by atoms with E-state index in [0.29, 0.717) is 24.3 Å². The third kappa shape index (κ3) is 3.11. The van der Waals surface area contributed by atoms with Crippen molar-refractivity contribution in [2.45, 2.75) is 17.7 Å². The fraction of sp³-hybridized carbons (Fsp3) is 0.250. The minimum atomic E-state index is -3.51. The van der Waals surface area contributed by atoms with E-state index in [0.717, 1.165) is 12.8 Å². The van der Waals surface area contributed by atoms with Crippen LogP contribution in [0, 0.1) is 0 Å². The number of sulfonamides is 1. The molecule has 6 nitrogen and oxygen atoms in total. The van der Waals surface area contributed by atoms with Gasteiger partial charge >= 0.3 is 5.97 Å². The Hall–Kier alpha value is -2.25. The van der Waals surface area contributed by atoms with Gasteiger partial charge in [-0.1, -0.05) is 12.1 Å². The molecule has 0 spiro atoms. The van der Waals surface area contributed by atoms with Gasteiger partial charge in [-0.15, -0.1) is 0 Å². The lowest BCUT2D eigenvalue weighted by molar-refractivity contribution is 0.0697. The molecule has 2 heterocycles. The normalized spacial score (nSPS) is 15.7. The summed E-state index contributed by atoms with van der Waals surface area (Å²) in [7, 11) is -3.51. The highest BCUT2D eigenvalue weighted by atomic mass is 32.2. The summed E-state index contributed by atoms with van der Waals surface area (Å²) in [5.41, 5.74) is 1.12. The molecule has 0 atom stereocenters. The van der Waals surface area contributed by atoms with Gasteiger partial charge in [-0.3, -0.25) is 4.98 Å². The highest BCUT2D eigenvalue weighted by molar-refractivity contribution is 7.89. The van der Waals surface area contributed by atoms with Crippen LogP contribution in [0.15, 0.2) is 47.5 Å². The monoisotopic (exact) mass is 332 g/mol. The molecule has 1 aromatic carbocycles. The van der Waals surface area contributed by atoms with E-state index in [1.807, 2.05) is 0 Å². The summed E-state index contributed by atoms with van der Waals surface area (Å²) in [5.74, 6) is -1.05. The van der Waals surface area contributed by atoms with Crippen LogP contribution in [0.4, 0.5) is 0 Å². The Balaban J connectivity index is 2.00. The van der Waals surface area contributed by atoms with E-state index >= 15 is 0 Å². The fourth-order valence-corrected chi connectivity index (χ4v) is 4.18. The lowest BCUT2D eigenvalue weighted by atomic mass is 10.1. The average Bonchev–Trinajstić information content (AvgIpc) is 3.10. The highest BCUT2D eigenvalue weighted by Gasteiger charge is 2.27. The van der Waals surface area contributed by atoms with Crippen LogP contribution in [0.5, 0.6) is 0 Å². The van der Waals surface area contributed by atoms with E-state index in [2.05, 4.69) is 4.98 Å². The van der Waals surface area contributed by atoms with Gasteiger partial charge in [-0.25, -0.2) is 13.2 Å². The van der Waals surface area contributed by atoms with Crippen molar-refractivity contribution >= 4 is 16.0 Å². The number of carboxylic acids is 1. The summed E-state index contributed by atoms with van der Waals surface area (Å²) in [6.07, 6.45) is 3.16. The third-order valence-electron chi connectivity index (χ3n) is 3.84. The Kier molecular flexibility index (Phi) is 4.14. The Morgan fingerprint density at radius 3 is 2.57 bits per heavy atom. The van der Waals surface area contributed by atoms with E-state index in [1.165, 1.54) is 22.6 Å². The minimum Gasteiger partial charge on any atom is -0.478 e. The Labute approximate surface area is 134 Å². The molecule has 0 unspecified atom stereocenters. The van der Waals surface area contributed by atoms with Crippen molar-refractivity contribution in [3.8, 4) is 11.3 Å². The Morgan fingerprint density at radius 1 is 1.13 bits per heavy atom. The van der Waals surface area contributed by atoms with Gasteiger partial charge in [0.25, 0.3) is 0 Å². The zero-order valence-corrected chi connectivity index (χ0v) is 13.2. The molecule has 1 aliphatic heterocycles. The van der Waals surface area contributed by atoms with Gasteiger partial charge in [0.2, 0.25) is 10.0 Å². The standard InChI is InChI=1S/C16H16N2O4S/c19-16(20)13-6-7-17-15(11-13)12-4-3-5-14(10-12)23(21,22)18-8-1-2-9-18/h3-7,10-11H,1-2,8-9H2,(H,19,20). The molecule has 23 heavy (non-hydrogen) atoms. The zero-order valence-electron chi connectivity index (χ0n) is 12.3. The predicted octanol–water partition coefficient (Wildman–Crippen LogP) is 2.23. The maximum absolute atomic E-state index is 12.6. The van der Waals surface area contributed by atoms with Crippen LogP contribution in [0.3, 0.4) is 0 Å². The second-order valence-corrected chi connectivity index (χ2v) is 7.31. The van der Waals surface area contributed by atoms with Gasteiger partial charge in [0.1, 0.15) is 0 Å². The number of pyridine rings is 1. The summed E-state index contributed by atoms with van der Waals surface area (Å²) in [5, 5.41) is 9.05. The molecule has 1 saturated heterocycles. The van der Waals surface area contributed by atoms with E-state index in [9.17, 15) is 13.2 Å². The van der Waals surface area contributed by atoms with Crippen LogP contribution in [0.1, 0.15) is 23.2 Å². The number of carboxylic acid groups (broad SMARTS) is 1. The smallest absolute Gasteiger partial charge is 0.335 e. The molecule has 1 fully saturated rings. The van der Waals surface area contributed by atoms with Crippen molar-refractivity contribution in [3.05, 3.63) is 48.2 Å². The first kappa shape index (κ1) is 15.6. The first-order chi connectivity index (χ1) is 11.0. The number of benzene rings is 1. The molecule has 0 aliphatic carbocycles. The largest absolute Gasteiger partial charge is 0.478 e. The number of rotatable bonds is 4. The molecule has 1 aromatic heterocycles. The quantitative estimate of drug-likeness (QED) is 0.927. The molecule has 0 bridgehead atoms. The van der Waals surface area contributed by atoms with Crippen LogP contribution < -0.4 is 0 Å².